The van der Waals surface area contributed by atoms with E-state index in [9.17, 15) is 15.0 Å². The highest BCUT2D eigenvalue weighted by molar-refractivity contribution is 7.99. The van der Waals surface area contributed by atoms with Crippen molar-refractivity contribution < 1.29 is 19.7 Å². The number of piperidine rings is 1. The van der Waals surface area contributed by atoms with Gasteiger partial charge in [0.05, 0.1) is 29.2 Å². The molecule has 0 bridgehead atoms. The van der Waals surface area contributed by atoms with Gasteiger partial charge >= 0.3 is 5.97 Å². The number of hydrogen-bond donors (Lipinski definition) is 2. The number of carboxylic acids is 1. The molecule has 34 heavy (non-hydrogen) atoms. The van der Waals surface area contributed by atoms with Crippen molar-refractivity contribution in [3.63, 3.8) is 0 Å². The van der Waals surface area contributed by atoms with Crippen molar-refractivity contribution in [2.24, 2.45) is 5.41 Å². The number of hydrogen-bond acceptors (Lipinski definition) is 7. The average molecular weight is 521 g/mol. The van der Waals surface area contributed by atoms with Crippen molar-refractivity contribution >= 4 is 51.6 Å². The molecular weight excluding hydrogens is 492 g/mol. The van der Waals surface area contributed by atoms with Gasteiger partial charge in [-0.1, -0.05) is 11.6 Å². The number of aliphatic carboxylic acids is 1. The second-order valence-corrected chi connectivity index (χ2v) is 11.0. The zero-order valence-electron chi connectivity index (χ0n) is 19.1. The van der Waals surface area contributed by atoms with Gasteiger partial charge in [-0.25, -0.2) is 0 Å². The number of aliphatic hydroxyl groups excluding tert-OH is 1. The van der Waals surface area contributed by atoms with Crippen LogP contribution >= 0.6 is 34.7 Å². The number of likely N-dealkylation sites (tertiary alicyclic amines) is 1. The molecule has 1 aromatic carbocycles. The maximum atomic E-state index is 12.3. The molecule has 1 unspecified atom stereocenters. The largest absolute Gasteiger partial charge is 0.497 e. The van der Waals surface area contributed by atoms with E-state index in [1.165, 1.54) is 11.1 Å². The van der Waals surface area contributed by atoms with Crippen LogP contribution in [-0.4, -0.2) is 58.6 Å². The number of rotatable bonds is 10. The van der Waals surface area contributed by atoms with E-state index in [-0.39, 0.29) is 0 Å². The smallest absolute Gasteiger partial charge is 0.309 e. The Morgan fingerprint density at radius 1 is 1.35 bits per heavy atom. The SMILES string of the molecule is COc1ccc2ncc(Cl)c(C(O)CCC3(C(=O)O)CCN(CCSc4ccsc4)CC3)c2c1. The molecule has 0 radical (unpaired) electrons. The molecule has 1 aliphatic heterocycles. The number of carbonyl (C=O) groups is 1. The molecule has 3 heterocycles. The van der Waals surface area contributed by atoms with Gasteiger partial charge in [-0.3, -0.25) is 9.78 Å². The van der Waals surface area contributed by atoms with Gasteiger partial charge in [0.1, 0.15) is 5.75 Å². The molecule has 0 aliphatic carbocycles. The molecule has 182 valence electrons. The summed E-state index contributed by atoms with van der Waals surface area (Å²) in [6.45, 7) is 2.45. The summed E-state index contributed by atoms with van der Waals surface area (Å²) in [5, 5.41) is 26.5. The van der Waals surface area contributed by atoms with E-state index < -0.39 is 17.5 Å². The van der Waals surface area contributed by atoms with Crippen LogP contribution in [0.5, 0.6) is 5.75 Å². The molecule has 0 amide bonds. The maximum absolute atomic E-state index is 12.3. The van der Waals surface area contributed by atoms with Gasteiger partial charge in [-0.15, -0.1) is 11.8 Å². The Morgan fingerprint density at radius 2 is 2.15 bits per heavy atom. The number of aromatic nitrogens is 1. The van der Waals surface area contributed by atoms with Crippen molar-refractivity contribution in [3.8, 4) is 5.75 Å². The minimum atomic E-state index is -0.888. The molecule has 1 atom stereocenters. The Labute approximate surface area is 212 Å². The molecular formula is C25H29ClN2O4S2. The second kappa shape index (κ2) is 11.3. The van der Waals surface area contributed by atoms with E-state index in [1.54, 1.807) is 18.4 Å². The third-order valence-electron chi connectivity index (χ3n) is 6.74. The zero-order valence-corrected chi connectivity index (χ0v) is 21.5. The number of thiophene rings is 1. The molecule has 1 saturated heterocycles. The Balaban J connectivity index is 1.39. The fourth-order valence-electron chi connectivity index (χ4n) is 4.59. The van der Waals surface area contributed by atoms with Gasteiger partial charge < -0.3 is 19.8 Å². The molecule has 9 heteroatoms. The molecule has 2 N–H and O–H groups in total. The van der Waals surface area contributed by atoms with Crippen LogP contribution in [-0.2, 0) is 4.79 Å². The minimum absolute atomic E-state index is 0.316. The first-order valence-corrected chi connectivity index (χ1v) is 13.6. The number of nitrogens with zero attached hydrogens (tertiary/aromatic N) is 2. The fourth-order valence-corrected chi connectivity index (χ4v) is 6.66. The molecule has 6 nitrogen and oxygen atoms in total. The highest BCUT2D eigenvalue weighted by Crippen LogP contribution is 2.41. The van der Waals surface area contributed by atoms with Crippen LogP contribution in [0.1, 0.15) is 37.4 Å². The highest BCUT2D eigenvalue weighted by Gasteiger charge is 2.41. The minimum Gasteiger partial charge on any atom is -0.497 e. The summed E-state index contributed by atoms with van der Waals surface area (Å²) in [6, 6.07) is 7.57. The van der Waals surface area contributed by atoms with Gasteiger partial charge in [-0.05, 0) is 68.4 Å². The standard InChI is InChI=1S/C25H29ClN2O4S2/c1-32-17-2-3-21-19(14-17)23(20(26)15-27-21)22(29)4-6-25(24(30)31)7-9-28(10-8-25)11-13-34-18-5-12-33-16-18/h2-3,5,12,14-16,22,29H,4,6-11,13H2,1H3,(H,30,31). The lowest BCUT2D eigenvalue weighted by Gasteiger charge is -2.39. The van der Waals surface area contributed by atoms with E-state index in [2.05, 4.69) is 26.7 Å². The lowest BCUT2D eigenvalue weighted by molar-refractivity contribution is -0.153. The van der Waals surface area contributed by atoms with Gasteiger partial charge in [-0.2, -0.15) is 11.3 Å². The summed E-state index contributed by atoms with van der Waals surface area (Å²) >= 11 is 9.97. The second-order valence-electron chi connectivity index (χ2n) is 8.69. The lowest BCUT2D eigenvalue weighted by Crippen LogP contribution is -2.45. The number of methoxy groups -OCH3 is 1. The Hall–Kier alpha value is -1.84. The van der Waals surface area contributed by atoms with Crippen molar-refractivity contribution in [2.45, 2.75) is 36.7 Å². The van der Waals surface area contributed by atoms with Crippen LogP contribution in [0.3, 0.4) is 0 Å². The molecule has 0 spiro atoms. The van der Waals surface area contributed by atoms with E-state index in [1.807, 2.05) is 30.0 Å². The molecule has 2 aromatic heterocycles. The van der Waals surface area contributed by atoms with E-state index >= 15 is 0 Å². The molecule has 4 rings (SSSR count). The van der Waals surface area contributed by atoms with Crippen LogP contribution in [0.25, 0.3) is 10.9 Å². The number of aliphatic hydroxyl groups is 1. The summed E-state index contributed by atoms with van der Waals surface area (Å²) in [5.41, 5.74) is 0.458. The number of pyridine rings is 1. The van der Waals surface area contributed by atoms with Crippen molar-refractivity contribution in [1.29, 1.82) is 0 Å². The van der Waals surface area contributed by atoms with E-state index in [0.29, 0.717) is 47.5 Å². The van der Waals surface area contributed by atoms with Crippen LogP contribution in [0.4, 0.5) is 0 Å². The molecule has 1 aliphatic rings. The van der Waals surface area contributed by atoms with Crippen molar-refractivity contribution in [2.75, 3.05) is 32.5 Å². The van der Waals surface area contributed by atoms with Crippen molar-refractivity contribution in [3.05, 3.63) is 51.8 Å². The van der Waals surface area contributed by atoms with Gasteiger partial charge in [0.2, 0.25) is 0 Å². The van der Waals surface area contributed by atoms with Crippen LogP contribution in [0.15, 0.2) is 46.1 Å². The molecule has 3 aromatic rings. The Morgan fingerprint density at radius 3 is 2.82 bits per heavy atom. The normalized spacial score (nSPS) is 17.0. The summed E-state index contributed by atoms with van der Waals surface area (Å²) in [6.07, 6.45) is 2.52. The molecule has 0 saturated carbocycles. The Kier molecular flexibility index (Phi) is 8.37. The highest BCUT2D eigenvalue weighted by atomic mass is 35.5. The summed E-state index contributed by atoms with van der Waals surface area (Å²) in [5.74, 6) is 0.864. The number of ether oxygens (including phenoxy) is 1. The Bertz CT molecular complexity index is 1120. The van der Waals surface area contributed by atoms with E-state index in [0.717, 1.165) is 30.8 Å². The number of carboxylic acid groups (broad SMARTS) is 1. The third kappa shape index (κ3) is 5.69. The number of thioether (sulfide) groups is 1. The topological polar surface area (TPSA) is 82.9 Å². The zero-order chi connectivity index (χ0) is 24.1. The molecule has 1 fully saturated rings. The summed E-state index contributed by atoms with van der Waals surface area (Å²) in [7, 11) is 1.58. The number of benzene rings is 1. The predicted molar refractivity (Wildman–Crippen MR) is 138 cm³/mol. The first kappa shape index (κ1) is 25.3. The average Bonchev–Trinajstić information content (AvgIpc) is 3.36. The quantitative estimate of drug-likeness (QED) is 0.330. The van der Waals surface area contributed by atoms with Crippen LogP contribution < -0.4 is 4.74 Å². The first-order valence-electron chi connectivity index (χ1n) is 11.3. The number of fused-ring (bicyclic) bond motifs is 1. The predicted octanol–water partition coefficient (Wildman–Crippen LogP) is 5.73. The third-order valence-corrected chi connectivity index (χ3v) is 8.84. The number of halogens is 1. The van der Waals surface area contributed by atoms with Crippen LogP contribution in [0, 0.1) is 5.41 Å². The van der Waals surface area contributed by atoms with Crippen molar-refractivity contribution in [1.82, 2.24) is 9.88 Å². The van der Waals surface area contributed by atoms with Gasteiger partial charge in [0.15, 0.2) is 0 Å². The first-order chi connectivity index (χ1) is 16.4. The monoisotopic (exact) mass is 520 g/mol. The van der Waals surface area contributed by atoms with Gasteiger partial charge in [0.25, 0.3) is 0 Å². The fraction of sp³-hybridized carbons (Fsp3) is 0.440. The van der Waals surface area contributed by atoms with Crippen LogP contribution in [0.2, 0.25) is 5.02 Å². The van der Waals surface area contributed by atoms with Gasteiger partial charge in [0, 0.05) is 39.7 Å². The lowest BCUT2D eigenvalue weighted by atomic mass is 9.74. The summed E-state index contributed by atoms with van der Waals surface area (Å²) in [4.78, 5) is 20.3. The summed E-state index contributed by atoms with van der Waals surface area (Å²) < 4.78 is 5.32. The van der Waals surface area contributed by atoms with E-state index in [4.69, 9.17) is 16.3 Å². The maximum Gasteiger partial charge on any atom is 0.309 e.